The highest BCUT2D eigenvalue weighted by Gasteiger charge is 2.09. The van der Waals surface area contributed by atoms with Crippen LogP contribution in [0.2, 0.25) is 10.0 Å². The number of hydrogen-bond donors (Lipinski definition) is 3. The fourth-order valence-electron chi connectivity index (χ4n) is 1.37. The molecule has 0 aliphatic rings. The van der Waals surface area contributed by atoms with Crippen LogP contribution in [0, 0.1) is 0 Å². The van der Waals surface area contributed by atoms with Crippen LogP contribution in [0.25, 0.3) is 0 Å². The molecule has 0 atom stereocenters. The first-order valence-corrected chi connectivity index (χ1v) is 7.37. The quantitative estimate of drug-likeness (QED) is 0.796. The van der Waals surface area contributed by atoms with Crippen LogP contribution in [-0.4, -0.2) is 23.5 Å². The highest BCUT2D eigenvalue weighted by Crippen LogP contribution is 2.25. The molecule has 110 valence electrons. The lowest BCUT2D eigenvalue weighted by molar-refractivity contribution is -0.115. The van der Waals surface area contributed by atoms with Gasteiger partial charge >= 0.3 is 6.03 Å². The molecule has 0 radical (unpaired) electrons. The van der Waals surface area contributed by atoms with E-state index in [4.69, 9.17) is 23.2 Å². The van der Waals surface area contributed by atoms with Gasteiger partial charge in [-0.2, -0.15) is 0 Å². The predicted molar refractivity (Wildman–Crippen MR) is 84.2 cm³/mol. The summed E-state index contributed by atoms with van der Waals surface area (Å²) in [6.45, 7) is -0.208. The van der Waals surface area contributed by atoms with Gasteiger partial charge in [0, 0.05) is 16.6 Å². The van der Waals surface area contributed by atoms with E-state index in [0.717, 1.165) is 0 Å². The number of amides is 3. The number of halogens is 2. The molecule has 1 heterocycles. The lowest BCUT2D eigenvalue weighted by atomic mass is 10.3. The van der Waals surface area contributed by atoms with Crippen LogP contribution in [0.3, 0.4) is 0 Å². The van der Waals surface area contributed by atoms with Gasteiger partial charge in [0.15, 0.2) is 5.13 Å². The summed E-state index contributed by atoms with van der Waals surface area (Å²) >= 11 is 13.0. The Kier molecular flexibility index (Phi) is 5.38. The standard InChI is InChI=1S/C12H10Cl2N4O2S/c13-7-1-2-8(14)9(5-7)17-10(19)6-16-11(20)18-12-15-3-4-21-12/h1-5H,6H2,(H,17,19)(H2,15,16,18,20). The SMILES string of the molecule is O=C(CNC(=O)Nc1nccs1)Nc1cc(Cl)ccc1Cl. The number of thiazole rings is 1. The largest absolute Gasteiger partial charge is 0.329 e. The Labute approximate surface area is 134 Å². The molecule has 0 saturated carbocycles. The van der Waals surface area contributed by atoms with Crippen LogP contribution >= 0.6 is 34.5 Å². The van der Waals surface area contributed by atoms with Crippen molar-refractivity contribution in [1.82, 2.24) is 10.3 Å². The summed E-state index contributed by atoms with van der Waals surface area (Å²) in [5.41, 5.74) is 0.385. The number of nitrogens with one attached hydrogen (secondary N) is 3. The van der Waals surface area contributed by atoms with Crippen molar-refractivity contribution in [3.8, 4) is 0 Å². The lowest BCUT2D eigenvalue weighted by Crippen LogP contribution is -2.35. The number of rotatable bonds is 4. The molecule has 3 amide bonds. The average molecular weight is 345 g/mol. The van der Waals surface area contributed by atoms with Gasteiger partial charge < -0.3 is 10.6 Å². The van der Waals surface area contributed by atoms with E-state index < -0.39 is 11.9 Å². The van der Waals surface area contributed by atoms with Gasteiger partial charge in [-0.25, -0.2) is 9.78 Å². The molecule has 0 unspecified atom stereocenters. The minimum atomic E-state index is -0.516. The van der Waals surface area contributed by atoms with Gasteiger partial charge in [-0.3, -0.25) is 10.1 Å². The van der Waals surface area contributed by atoms with Gasteiger partial charge in [0.2, 0.25) is 5.91 Å². The molecular weight excluding hydrogens is 335 g/mol. The summed E-state index contributed by atoms with van der Waals surface area (Å²) in [7, 11) is 0. The van der Waals surface area contributed by atoms with Gasteiger partial charge in [0.05, 0.1) is 17.3 Å². The number of carbonyl (C=O) groups is 2. The molecule has 0 spiro atoms. The second-order valence-electron chi connectivity index (χ2n) is 3.82. The Morgan fingerprint density at radius 3 is 2.76 bits per heavy atom. The number of aromatic nitrogens is 1. The number of nitrogens with zero attached hydrogens (tertiary/aromatic N) is 1. The van der Waals surface area contributed by atoms with Crippen LogP contribution in [-0.2, 0) is 4.79 Å². The molecule has 21 heavy (non-hydrogen) atoms. The van der Waals surface area contributed by atoms with E-state index in [-0.39, 0.29) is 6.54 Å². The van der Waals surface area contributed by atoms with Crippen LogP contribution in [0.4, 0.5) is 15.6 Å². The molecule has 0 aliphatic heterocycles. The van der Waals surface area contributed by atoms with Crippen LogP contribution in [0.1, 0.15) is 0 Å². The molecule has 0 saturated heterocycles. The highest BCUT2D eigenvalue weighted by molar-refractivity contribution is 7.13. The Morgan fingerprint density at radius 1 is 1.24 bits per heavy atom. The highest BCUT2D eigenvalue weighted by atomic mass is 35.5. The summed E-state index contributed by atoms with van der Waals surface area (Å²) in [4.78, 5) is 27.1. The maximum absolute atomic E-state index is 11.7. The molecule has 2 rings (SSSR count). The second kappa shape index (κ2) is 7.26. The van der Waals surface area contributed by atoms with Crippen molar-refractivity contribution >= 4 is 57.3 Å². The maximum atomic E-state index is 11.7. The Balaban J connectivity index is 1.82. The number of urea groups is 1. The number of benzene rings is 1. The number of carbonyl (C=O) groups excluding carboxylic acids is 2. The van der Waals surface area contributed by atoms with E-state index >= 15 is 0 Å². The first-order valence-electron chi connectivity index (χ1n) is 5.74. The Bertz CT molecular complexity index is 649. The Hall–Kier alpha value is -1.83. The maximum Gasteiger partial charge on any atom is 0.321 e. The average Bonchev–Trinajstić information content (AvgIpc) is 2.93. The summed E-state index contributed by atoms with van der Waals surface area (Å²) in [5.74, 6) is -0.423. The molecule has 1 aromatic heterocycles. The number of anilines is 2. The fraction of sp³-hybridized carbons (Fsp3) is 0.0833. The van der Waals surface area contributed by atoms with Gasteiger partial charge in [0.25, 0.3) is 0 Å². The molecule has 9 heteroatoms. The molecule has 6 nitrogen and oxygen atoms in total. The van der Waals surface area contributed by atoms with Crippen molar-refractivity contribution < 1.29 is 9.59 Å². The van der Waals surface area contributed by atoms with Crippen molar-refractivity contribution in [1.29, 1.82) is 0 Å². The molecule has 0 bridgehead atoms. The van der Waals surface area contributed by atoms with E-state index in [1.165, 1.54) is 17.4 Å². The Morgan fingerprint density at radius 2 is 2.05 bits per heavy atom. The second-order valence-corrected chi connectivity index (χ2v) is 5.56. The third kappa shape index (κ3) is 4.89. The molecule has 0 fully saturated rings. The summed E-state index contributed by atoms with van der Waals surface area (Å²) in [6.07, 6.45) is 1.56. The normalized spacial score (nSPS) is 10.0. The molecular formula is C12H10Cl2N4O2S. The van der Waals surface area contributed by atoms with Crippen molar-refractivity contribution in [2.45, 2.75) is 0 Å². The molecule has 3 N–H and O–H groups in total. The third-order valence-electron chi connectivity index (χ3n) is 2.26. The minimum absolute atomic E-state index is 0.208. The summed E-state index contributed by atoms with van der Waals surface area (Å²) < 4.78 is 0. The van der Waals surface area contributed by atoms with E-state index in [0.29, 0.717) is 20.9 Å². The van der Waals surface area contributed by atoms with Crippen molar-refractivity contribution in [2.24, 2.45) is 0 Å². The van der Waals surface area contributed by atoms with E-state index in [2.05, 4.69) is 20.9 Å². The monoisotopic (exact) mass is 344 g/mol. The first kappa shape index (κ1) is 15.6. The van der Waals surface area contributed by atoms with Gasteiger partial charge in [-0.1, -0.05) is 23.2 Å². The van der Waals surface area contributed by atoms with Gasteiger partial charge in [-0.15, -0.1) is 11.3 Å². The zero-order chi connectivity index (χ0) is 15.2. The van der Waals surface area contributed by atoms with Crippen molar-refractivity contribution in [2.75, 3.05) is 17.2 Å². The van der Waals surface area contributed by atoms with Crippen LogP contribution in [0.15, 0.2) is 29.8 Å². The summed E-state index contributed by atoms with van der Waals surface area (Å²) in [6, 6.07) is 4.19. The van der Waals surface area contributed by atoms with E-state index in [1.807, 2.05) is 0 Å². The lowest BCUT2D eigenvalue weighted by Gasteiger charge is -2.08. The third-order valence-corrected chi connectivity index (χ3v) is 3.52. The van der Waals surface area contributed by atoms with Crippen molar-refractivity contribution in [3.05, 3.63) is 39.8 Å². The molecule has 2 aromatic rings. The topological polar surface area (TPSA) is 83.1 Å². The minimum Gasteiger partial charge on any atom is -0.329 e. The molecule has 0 aliphatic carbocycles. The zero-order valence-corrected chi connectivity index (χ0v) is 12.9. The van der Waals surface area contributed by atoms with E-state index in [9.17, 15) is 9.59 Å². The van der Waals surface area contributed by atoms with Crippen LogP contribution in [0.5, 0.6) is 0 Å². The van der Waals surface area contributed by atoms with Crippen molar-refractivity contribution in [3.63, 3.8) is 0 Å². The smallest absolute Gasteiger partial charge is 0.321 e. The number of hydrogen-bond acceptors (Lipinski definition) is 4. The molecule has 1 aromatic carbocycles. The van der Waals surface area contributed by atoms with Crippen LogP contribution < -0.4 is 16.0 Å². The van der Waals surface area contributed by atoms with E-state index in [1.54, 1.807) is 23.7 Å². The zero-order valence-electron chi connectivity index (χ0n) is 10.5. The summed E-state index contributed by atoms with van der Waals surface area (Å²) in [5, 5.41) is 10.4. The first-order chi connectivity index (χ1) is 10.0. The predicted octanol–water partition coefficient (Wildman–Crippen LogP) is 3.21. The van der Waals surface area contributed by atoms with Gasteiger partial charge in [-0.05, 0) is 18.2 Å². The fourth-order valence-corrected chi connectivity index (χ4v) is 2.24. The van der Waals surface area contributed by atoms with Gasteiger partial charge in [0.1, 0.15) is 0 Å².